The highest BCUT2D eigenvalue weighted by Gasteiger charge is 2.46. The molecule has 2 rings (SSSR count). The fourth-order valence-corrected chi connectivity index (χ4v) is 3.12. The number of rotatable bonds is 2. The van der Waals surface area contributed by atoms with Crippen molar-refractivity contribution < 1.29 is 0 Å². The van der Waals surface area contributed by atoms with Gasteiger partial charge in [0.25, 0.3) is 0 Å². The van der Waals surface area contributed by atoms with E-state index in [4.69, 9.17) is 5.73 Å². The van der Waals surface area contributed by atoms with Crippen LogP contribution in [0.4, 0.5) is 0 Å². The summed E-state index contributed by atoms with van der Waals surface area (Å²) in [6.45, 7) is 3.39. The van der Waals surface area contributed by atoms with Gasteiger partial charge >= 0.3 is 0 Å². The summed E-state index contributed by atoms with van der Waals surface area (Å²) in [4.78, 5) is 2.39. The average Bonchev–Trinajstić information content (AvgIpc) is 2.50. The van der Waals surface area contributed by atoms with Crippen molar-refractivity contribution in [1.29, 1.82) is 0 Å². The monoisotopic (exact) mass is 168 g/mol. The third-order valence-corrected chi connectivity index (χ3v) is 3.80. The molecule has 2 fully saturated rings. The molecule has 1 saturated heterocycles. The quantitative estimate of drug-likeness (QED) is 0.668. The fourth-order valence-electron chi connectivity index (χ4n) is 3.12. The average molecular weight is 168 g/mol. The minimum Gasteiger partial charge on any atom is -0.330 e. The van der Waals surface area contributed by atoms with Gasteiger partial charge in [-0.15, -0.1) is 0 Å². The molecule has 0 amide bonds. The SMILES string of the molecule is CN1CC(CN)(C2CCCC2)C1. The number of nitrogens with two attached hydrogens (primary N) is 1. The molecule has 1 aliphatic carbocycles. The Kier molecular flexibility index (Phi) is 2.13. The summed E-state index contributed by atoms with van der Waals surface area (Å²) in [6, 6.07) is 0. The lowest BCUT2D eigenvalue weighted by atomic mass is 9.69. The Balaban J connectivity index is 1.98. The molecular weight excluding hydrogens is 148 g/mol. The highest BCUT2D eigenvalue weighted by atomic mass is 15.2. The minimum absolute atomic E-state index is 0.519. The van der Waals surface area contributed by atoms with Crippen LogP contribution in [-0.2, 0) is 0 Å². The predicted molar refractivity (Wildman–Crippen MR) is 50.9 cm³/mol. The van der Waals surface area contributed by atoms with Crippen molar-refractivity contribution in [2.24, 2.45) is 17.1 Å². The molecule has 0 aromatic rings. The molecule has 0 radical (unpaired) electrons. The highest BCUT2D eigenvalue weighted by Crippen LogP contribution is 2.44. The van der Waals surface area contributed by atoms with Crippen molar-refractivity contribution in [2.75, 3.05) is 26.7 Å². The van der Waals surface area contributed by atoms with E-state index in [-0.39, 0.29) is 0 Å². The molecule has 0 bridgehead atoms. The summed E-state index contributed by atoms with van der Waals surface area (Å²) in [5.41, 5.74) is 6.40. The summed E-state index contributed by atoms with van der Waals surface area (Å²) >= 11 is 0. The van der Waals surface area contributed by atoms with Gasteiger partial charge in [-0.1, -0.05) is 12.8 Å². The molecule has 0 atom stereocenters. The Morgan fingerprint density at radius 1 is 1.33 bits per heavy atom. The second-order valence-corrected chi connectivity index (χ2v) is 4.72. The van der Waals surface area contributed by atoms with E-state index in [0.29, 0.717) is 5.41 Å². The van der Waals surface area contributed by atoms with E-state index in [1.165, 1.54) is 38.8 Å². The van der Waals surface area contributed by atoms with E-state index < -0.39 is 0 Å². The molecule has 12 heavy (non-hydrogen) atoms. The maximum absolute atomic E-state index is 5.88. The second kappa shape index (κ2) is 3.00. The molecule has 0 unspecified atom stereocenters. The zero-order valence-corrected chi connectivity index (χ0v) is 8.05. The molecule has 0 spiro atoms. The molecule has 2 nitrogen and oxygen atoms in total. The smallest absolute Gasteiger partial charge is 0.0108 e. The summed E-state index contributed by atoms with van der Waals surface area (Å²) < 4.78 is 0. The number of hydrogen-bond acceptors (Lipinski definition) is 2. The topological polar surface area (TPSA) is 29.3 Å². The molecule has 2 N–H and O–H groups in total. The zero-order valence-electron chi connectivity index (χ0n) is 8.05. The van der Waals surface area contributed by atoms with Crippen LogP contribution >= 0.6 is 0 Å². The van der Waals surface area contributed by atoms with Crippen molar-refractivity contribution in [3.8, 4) is 0 Å². The van der Waals surface area contributed by atoms with E-state index in [0.717, 1.165) is 12.5 Å². The number of likely N-dealkylation sites (tertiary alicyclic amines) is 1. The Morgan fingerprint density at radius 2 is 1.92 bits per heavy atom. The molecule has 1 saturated carbocycles. The fraction of sp³-hybridized carbons (Fsp3) is 1.00. The van der Waals surface area contributed by atoms with Crippen LogP contribution in [0.15, 0.2) is 0 Å². The van der Waals surface area contributed by atoms with Crippen molar-refractivity contribution in [3.05, 3.63) is 0 Å². The molecule has 2 aliphatic rings. The van der Waals surface area contributed by atoms with Crippen molar-refractivity contribution >= 4 is 0 Å². The van der Waals surface area contributed by atoms with Crippen LogP contribution in [0.3, 0.4) is 0 Å². The van der Waals surface area contributed by atoms with Crippen LogP contribution in [0.5, 0.6) is 0 Å². The first-order valence-corrected chi connectivity index (χ1v) is 5.15. The molecule has 1 heterocycles. The van der Waals surface area contributed by atoms with Gasteiger partial charge in [-0.2, -0.15) is 0 Å². The van der Waals surface area contributed by atoms with Gasteiger partial charge in [-0.3, -0.25) is 0 Å². The van der Waals surface area contributed by atoms with Gasteiger partial charge in [-0.05, 0) is 25.8 Å². The van der Waals surface area contributed by atoms with Crippen molar-refractivity contribution in [1.82, 2.24) is 4.90 Å². The first-order valence-electron chi connectivity index (χ1n) is 5.15. The summed E-state index contributed by atoms with van der Waals surface area (Å²) in [6.07, 6.45) is 5.75. The van der Waals surface area contributed by atoms with E-state index in [1.807, 2.05) is 0 Å². The van der Waals surface area contributed by atoms with Gasteiger partial charge in [0.05, 0.1) is 0 Å². The van der Waals surface area contributed by atoms with Crippen LogP contribution in [0.25, 0.3) is 0 Å². The lowest BCUT2D eigenvalue weighted by Crippen LogP contribution is -2.61. The Bertz CT molecular complexity index is 155. The lowest BCUT2D eigenvalue weighted by Gasteiger charge is -2.52. The van der Waals surface area contributed by atoms with Crippen LogP contribution in [0.1, 0.15) is 25.7 Å². The minimum atomic E-state index is 0.519. The van der Waals surface area contributed by atoms with Crippen molar-refractivity contribution in [3.63, 3.8) is 0 Å². The number of hydrogen-bond donors (Lipinski definition) is 1. The van der Waals surface area contributed by atoms with E-state index in [1.54, 1.807) is 0 Å². The maximum atomic E-state index is 5.88. The summed E-state index contributed by atoms with van der Waals surface area (Å²) in [5.74, 6) is 0.943. The van der Waals surface area contributed by atoms with Gasteiger partial charge in [0.1, 0.15) is 0 Å². The zero-order chi connectivity index (χ0) is 8.60. The Hall–Kier alpha value is -0.0800. The largest absolute Gasteiger partial charge is 0.330 e. The van der Waals surface area contributed by atoms with Crippen LogP contribution in [0, 0.1) is 11.3 Å². The molecule has 0 aromatic heterocycles. The number of nitrogens with zero attached hydrogens (tertiary/aromatic N) is 1. The van der Waals surface area contributed by atoms with E-state index >= 15 is 0 Å². The summed E-state index contributed by atoms with van der Waals surface area (Å²) in [7, 11) is 2.20. The lowest BCUT2D eigenvalue weighted by molar-refractivity contribution is -0.0204. The first-order chi connectivity index (χ1) is 5.77. The van der Waals surface area contributed by atoms with Gasteiger partial charge in [0.2, 0.25) is 0 Å². The maximum Gasteiger partial charge on any atom is 0.0108 e. The van der Waals surface area contributed by atoms with Gasteiger partial charge in [-0.25, -0.2) is 0 Å². The van der Waals surface area contributed by atoms with Crippen LogP contribution in [-0.4, -0.2) is 31.6 Å². The normalized spacial score (nSPS) is 30.5. The summed E-state index contributed by atoms with van der Waals surface area (Å²) in [5, 5.41) is 0. The van der Waals surface area contributed by atoms with E-state index in [2.05, 4.69) is 11.9 Å². The van der Waals surface area contributed by atoms with Crippen LogP contribution < -0.4 is 5.73 Å². The third kappa shape index (κ3) is 1.17. The molecular formula is C10H20N2. The predicted octanol–water partition coefficient (Wildman–Crippen LogP) is 1.07. The first kappa shape index (κ1) is 8.52. The molecule has 0 aromatic carbocycles. The highest BCUT2D eigenvalue weighted by molar-refractivity contribution is 5.00. The molecule has 1 aliphatic heterocycles. The molecule has 2 heteroatoms. The van der Waals surface area contributed by atoms with Crippen molar-refractivity contribution in [2.45, 2.75) is 25.7 Å². The molecule has 70 valence electrons. The van der Waals surface area contributed by atoms with Gasteiger partial charge in [0, 0.05) is 25.0 Å². The Labute approximate surface area is 75.1 Å². The van der Waals surface area contributed by atoms with Gasteiger partial charge < -0.3 is 10.6 Å². The van der Waals surface area contributed by atoms with Gasteiger partial charge in [0.15, 0.2) is 0 Å². The van der Waals surface area contributed by atoms with E-state index in [9.17, 15) is 0 Å². The standard InChI is InChI=1S/C10H20N2/c1-12-7-10(6-11,8-12)9-4-2-3-5-9/h9H,2-8,11H2,1H3. The Morgan fingerprint density at radius 3 is 2.33 bits per heavy atom. The van der Waals surface area contributed by atoms with Crippen LogP contribution in [0.2, 0.25) is 0 Å². The third-order valence-electron chi connectivity index (χ3n) is 3.80. The second-order valence-electron chi connectivity index (χ2n) is 4.72.